The van der Waals surface area contributed by atoms with E-state index >= 15 is 0 Å². The summed E-state index contributed by atoms with van der Waals surface area (Å²) in [6, 6.07) is 7.30. The molecule has 0 spiro atoms. The second-order valence-corrected chi connectivity index (χ2v) is 14.1. The second-order valence-electron chi connectivity index (χ2n) is 11.7. The van der Waals surface area contributed by atoms with Gasteiger partial charge in [0.15, 0.2) is 0 Å². The Morgan fingerprint density at radius 3 is 2.39 bits per heavy atom. The van der Waals surface area contributed by atoms with E-state index < -0.39 is 5.97 Å². The zero-order valence-corrected chi connectivity index (χ0v) is 24.4. The maximum Gasteiger partial charge on any atom is 0.291 e. The fourth-order valence-corrected chi connectivity index (χ4v) is 7.33. The Kier molecular flexibility index (Phi) is 9.10. The fourth-order valence-electron chi connectivity index (χ4n) is 5.32. The van der Waals surface area contributed by atoms with Crippen molar-refractivity contribution in [2.24, 2.45) is 17.3 Å². The summed E-state index contributed by atoms with van der Waals surface area (Å²) in [5.74, 6) is 5.63. The summed E-state index contributed by atoms with van der Waals surface area (Å²) in [5.41, 5.74) is 0.228. The number of amides is 1. The van der Waals surface area contributed by atoms with Crippen LogP contribution in [0.2, 0.25) is 0 Å². The van der Waals surface area contributed by atoms with Crippen LogP contribution in [-0.2, 0) is 4.79 Å². The van der Waals surface area contributed by atoms with Gasteiger partial charge in [0, 0.05) is 39.5 Å². The average Bonchev–Trinajstić information content (AvgIpc) is 3.29. The highest BCUT2D eigenvalue weighted by molar-refractivity contribution is 7.99. The van der Waals surface area contributed by atoms with Crippen LogP contribution in [-0.4, -0.2) is 28.4 Å². The predicted octanol–water partition coefficient (Wildman–Crippen LogP) is 5.30. The average molecular weight is 555 g/mol. The quantitative estimate of drug-likeness (QED) is 0.298. The summed E-state index contributed by atoms with van der Waals surface area (Å²) in [6.45, 7) is 8.27. The minimum atomic E-state index is -1.26. The summed E-state index contributed by atoms with van der Waals surface area (Å²) in [4.78, 5) is 28.8. The van der Waals surface area contributed by atoms with Crippen LogP contribution < -0.4 is 14.7 Å². The molecule has 0 radical (unpaired) electrons. The molecular weight excluding hydrogens is 516 g/mol. The van der Waals surface area contributed by atoms with Gasteiger partial charge in [-0.25, -0.2) is 0 Å². The van der Waals surface area contributed by atoms with Crippen molar-refractivity contribution in [1.29, 1.82) is 0 Å². The molecule has 0 atom stereocenters. The Labute approximate surface area is 234 Å². The zero-order chi connectivity index (χ0) is 27.4. The van der Waals surface area contributed by atoms with Crippen molar-refractivity contribution in [3.8, 4) is 11.8 Å². The Bertz CT molecular complexity index is 1210. The van der Waals surface area contributed by atoms with E-state index in [9.17, 15) is 19.9 Å². The molecule has 2 heterocycles. The Hall–Kier alpha value is -2.50. The third-order valence-corrected chi connectivity index (χ3v) is 9.81. The second kappa shape index (κ2) is 12.1. The number of aromatic carboxylic acids is 1. The van der Waals surface area contributed by atoms with E-state index in [4.69, 9.17) is 0 Å². The van der Waals surface area contributed by atoms with Crippen LogP contribution in [0, 0.1) is 29.1 Å². The third kappa shape index (κ3) is 7.12. The molecule has 204 valence electrons. The number of rotatable bonds is 6. The SMILES string of the molecule is CC1CCC(C(=O)N(c2cc(C#CC(C)(C)C)sc2C(=O)[O-])C2CCC(Sc3cccc[n+]3O)CC2)CC1. The predicted molar refractivity (Wildman–Crippen MR) is 149 cm³/mol. The van der Waals surface area contributed by atoms with E-state index in [-0.39, 0.29) is 28.2 Å². The number of hydrogen-bond acceptors (Lipinski definition) is 6. The monoisotopic (exact) mass is 554 g/mol. The van der Waals surface area contributed by atoms with Crippen LogP contribution in [0.25, 0.3) is 0 Å². The maximum atomic E-state index is 14.1. The van der Waals surface area contributed by atoms with Crippen molar-refractivity contribution >= 4 is 40.7 Å². The number of aromatic nitrogens is 1. The van der Waals surface area contributed by atoms with Gasteiger partial charge in [-0.2, -0.15) is 0 Å². The summed E-state index contributed by atoms with van der Waals surface area (Å²) >= 11 is 2.75. The first kappa shape index (κ1) is 28.5. The summed E-state index contributed by atoms with van der Waals surface area (Å²) in [5, 5.41) is 23.5. The Balaban J connectivity index is 1.61. The molecule has 0 bridgehead atoms. The number of pyridine rings is 1. The lowest BCUT2D eigenvalue weighted by Crippen LogP contribution is -2.47. The van der Waals surface area contributed by atoms with E-state index in [0.717, 1.165) is 72.5 Å². The topological polar surface area (TPSA) is 84.5 Å². The van der Waals surface area contributed by atoms with Crippen LogP contribution in [0.15, 0.2) is 35.5 Å². The van der Waals surface area contributed by atoms with Gasteiger partial charge in [-0.15, -0.1) is 11.3 Å². The van der Waals surface area contributed by atoms with Crippen molar-refractivity contribution < 1.29 is 24.6 Å². The highest BCUT2D eigenvalue weighted by Crippen LogP contribution is 2.40. The van der Waals surface area contributed by atoms with Crippen molar-refractivity contribution in [3.05, 3.63) is 40.2 Å². The molecule has 2 fully saturated rings. The number of carboxylic acids is 1. The number of carbonyl (C=O) groups is 2. The Morgan fingerprint density at radius 2 is 1.79 bits per heavy atom. The molecule has 6 nitrogen and oxygen atoms in total. The molecule has 2 aromatic rings. The molecule has 0 saturated heterocycles. The molecule has 0 aliphatic heterocycles. The van der Waals surface area contributed by atoms with Crippen molar-refractivity contribution in [2.45, 2.75) is 95.4 Å². The lowest BCUT2D eigenvalue weighted by Gasteiger charge is -2.39. The molecular formula is C30H38N2O4S2. The fraction of sp³-hybridized carbons (Fsp3) is 0.567. The first-order valence-electron chi connectivity index (χ1n) is 13.6. The van der Waals surface area contributed by atoms with Gasteiger partial charge in [0.25, 0.3) is 5.03 Å². The normalized spacial score (nSPS) is 23.8. The molecule has 2 aromatic heterocycles. The highest BCUT2D eigenvalue weighted by Gasteiger charge is 2.37. The van der Waals surface area contributed by atoms with E-state index in [1.54, 1.807) is 35.0 Å². The number of hydrogen-bond donors (Lipinski definition) is 1. The molecule has 38 heavy (non-hydrogen) atoms. The summed E-state index contributed by atoms with van der Waals surface area (Å²) < 4.78 is 1.15. The minimum Gasteiger partial charge on any atom is -0.544 e. The molecule has 2 aliphatic rings. The minimum absolute atomic E-state index is 0.0416. The number of thioether (sulfide) groups is 1. The standard InChI is InChI=1S/C30H38N2O4S2/c1-20-8-10-21(11-9-20)28(33)32(25-19-24(16-17-30(2,3)4)38-27(25)29(34)35)22-12-14-23(15-13-22)37-26-7-5-6-18-31(26)36/h5-7,18-23H,8-15H2,1-4H3,(H-,34,35,36). The van der Waals surface area contributed by atoms with Gasteiger partial charge in [0.1, 0.15) is 0 Å². The summed E-state index contributed by atoms with van der Waals surface area (Å²) in [6.07, 6.45) is 8.63. The van der Waals surface area contributed by atoms with E-state index in [1.165, 1.54) is 0 Å². The van der Waals surface area contributed by atoms with Crippen LogP contribution >= 0.6 is 23.1 Å². The van der Waals surface area contributed by atoms with Gasteiger partial charge in [-0.1, -0.05) is 18.8 Å². The maximum absolute atomic E-state index is 14.1. The molecule has 0 aromatic carbocycles. The van der Waals surface area contributed by atoms with Gasteiger partial charge in [0.05, 0.1) is 21.4 Å². The van der Waals surface area contributed by atoms with Gasteiger partial charge < -0.3 is 14.8 Å². The lowest BCUT2D eigenvalue weighted by molar-refractivity contribution is -0.932. The summed E-state index contributed by atoms with van der Waals surface area (Å²) in [7, 11) is 0. The largest absolute Gasteiger partial charge is 0.544 e. The zero-order valence-electron chi connectivity index (χ0n) is 22.7. The smallest absolute Gasteiger partial charge is 0.291 e. The number of anilines is 1. The van der Waals surface area contributed by atoms with Gasteiger partial charge >= 0.3 is 0 Å². The molecule has 1 N–H and O–H groups in total. The van der Waals surface area contributed by atoms with E-state index in [1.807, 2.05) is 32.9 Å². The van der Waals surface area contributed by atoms with Crippen molar-refractivity contribution in [2.75, 3.05) is 4.90 Å². The van der Waals surface area contributed by atoms with Crippen LogP contribution in [0.5, 0.6) is 0 Å². The first-order chi connectivity index (χ1) is 18.0. The molecule has 2 aliphatic carbocycles. The van der Waals surface area contributed by atoms with Gasteiger partial charge in [-0.05, 0) is 102 Å². The Morgan fingerprint density at radius 1 is 1.11 bits per heavy atom. The number of carboxylic acid groups (broad SMARTS) is 1. The molecule has 8 heteroatoms. The van der Waals surface area contributed by atoms with Gasteiger partial charge in [0.2, 0.25) is 12.1 Å². The van der Waals surface area contributed by atoms with E-state index in [2.05, 4.69) is 18.8 Å². The molecule has 4 rings (SSSR count). The van der Waals surface area contributed by atoms with Crippen LogP contribution in [0.4, 0.5) is 5.69 Å². The molecule has 2 saturated carbocycles. The number of nitrogens with zero attached hydrogens (tertiary/aromatic N) is 2. The number of carbonyl (C=O) groups excluding carboxylic acids is 2. The lowest BCUT2D eigenvalue weighted by atomic mass is 9.81. The highest BCUT2D eigenvalue weighted by atomic mass is 32.2. The van der Waals surface area contributed by atoms with E-state index in [0.29, 0.717) is 21.7 Å². The first-order valence-corrected chi connectivity index (χ1v) is 15.3. The van der Waals surface area contributed by atoms with Crippen molar-refractivity contribution in [3.63, 3.8) is 0 Å². The third-order valence-electron chi connectivity index (χ3n) is 7.42. The molecule has 0 unspecified atom stereocenters. The van der Waals surface area contributed by atoms with Gasteiger partial charge in [-0.3, -0.25) is 10.0 Å². The number of thiophene rings is 1. The van der Waals surface area contributed by atoms with Crippen molar-refractivity contribution in [1.82, 2.24) is 0 Å². The van der Waals surface area contributed by atoms with Crippen LogP contribution in [0.3, 0.4) is 0 Å². The van der Waals surface area contributed by atoms with Crippen LogP contribution in [0.1, 0.15) is 93.6 Å². The molecule has 1 amide bonds.